The number of carbonyl (C=O) groups excluding carboxylic acids is 1. The lowest BCUT2D eigenvalue weighted by molar-refractivity contribution is 0.0943. The van der Waals surface area contributed by atoms with Crippen molar-refractivity contribution in [2.45, 2.75) is 26.3 Å². The second-order valence-corrected chi connectivity index (χ2v) is 6.70. The molecule has 1 atom stereocenters. The van der Waals surface area contributed by atoms with E-state index in [4.69, 9.17) is 4.42 Å². The molecule has 0 radical (unpaired) electrons. The lowest BCUT2D eigenvalue weighted by Gasteiger charge is -2.10. The molecule has 22 heavy (non-hydrogen) atoms. The largest absolute Gasteiger partial charge is 0.462 e. The van der Waals surface area contributed by atoms with Crippen molar-refractivity contribution in [3.63, 3.8) is 0 Å². The number of nitrogens with zero attached hydrogens (tertiary/aromatic N) is 2. The summed E-state index contributed by atoms with van der Waals surface area (Å²) in [7, 11) is 0. The molecule has 5 nitrogen and oxygen atoms in total. The maximum Gasteiger partial charge on any atom is 0.263 e. The lowest BCUT2D eigenvalue weighted by Crippen LogP contribution is -2.26. The van der Waals surface area contributed by atoms with E-state index in [1.54, 1.807) is 29.9 Å². The maximum atomic E-state index is 12.3. The first kappa shape index (κ1) is 14.9. The third-order valence-corrected chi connectivity index (χ3v) is 5.15. The molecule has 1 unspecified atom stereocenters. The van der Waals surface area contributed by atoms with Gasteiger partial charge in [0.2, 0.25) is 0 Å². The minimum Gasteiger partial charge on any atom is -0.462 e. The SMILES string of the molecule is CCc1nc(C(C)NC(=O)c2cnc(-c3ccco3)s2)cs1. The van der Waals surface area contributed by atoms with Crippen molar-refractivity contribution in [2.24, 2.45) is 0 Å². The van der Waals surface area contributed by atoms with Gasteiger partial charge in [0.15, 0.2) is 10.8 Å². The molecule has 0 fully saturated rings. The molecular formula is C15H15N3O2S2. The number of aromatic nitrogens is 2. The molecule has 114 valence electrons. The van der Waals surface area contributed by atoms with Crippen molar-refractivity contribution in [3.05, 3.63) is 45.6 Å². The molecule has 0 aliphatic rings. The first-order valence-corrected chi connectivity index (χ1v) is 8.62. The molecular weight excluding hydrogens is 318 g/mol. The predicted molar refractivity (Wildman–Crippen MR) is 87.2 cm³/mol. The Hall–Kier alpha value is -1.99. The van der Waals surface area contributed by atoms with E-state index in [1.165, 1.54) is 11.3 Å². The third kappa shape index (κ3) is 3.10. The van der Waals surface area contributed by atoms with E-state index < -0.39 is 0 Å². The topological polar surface area (TPSA) is 68.0 Å². The average Bonchev–Trinajstić information content (AvgIpc) is 3.25. The Morgan fingerprint density at radius 2 is 2.36 bits per heavy atom. The molecule has 1 N–H and O–H groups in total. The second-order valence-electron chi connectivity index (χ2n) is 4.72. The Labute approximate surface area is 136 Å². The van der Waals surface area contributed by atoms with Gasteiger partial charge in [0.05, 0.1) is 29.2 Å². The van der Waals surface area contributed by atoms with Crippen molar-refractivity contribution >= 4 is 28.6 Å². The van der Waals surface area contributed by atoms with Crippen LogP contribution in [0.5, 0.6) is 0 Å². The highest BCUT2D eigenvalue weighted by Gasteiger charge is 2.17. The number of carbonyl (C=O) groups is 1. The van der Waals surface area contributed by atoms with Crippen LogP contribution in [0.15, 0.2) is 34.4 Å². The molecule has 3 aromatic rings. The van der Waals surface area contributed by atoms with Crippen LogP contribution in [-0.4, -0.2) is 15.9 Å². The Kier molecular flexibility index (Phi) is 4.35. The zero-order valence-electron chi connectivity index (χ0n) is 12.2. The average molecular weight is 333 g/mol. The summed E-state index contributed by atoms with van der Waals surface area (Å²) in [5.41, 5.74) is 0.894. The van der Waals surface area contributed by atoms with E-state index >= 15 is 0 Å². The predicted octanol–water partition coefficient (Wildman–Crippen LogP) is 3.91. The van der Waals surface area contributed by atoms with E-state index in [-0.39, 0.29) is 11.9 Å². The number of nitrogens with one attached hydrogen (secondary N) is 1. The van der Waals surface area contributed by atoms with Gasteiger partial charge in [0.25, 0.3) is 5.91 Å². The monoisotopic (exact) mass is 333 g/mol. The van der Waals surface area contributed by atoms with Crippen LogP contribution in [0.25, 0.3) is 10.8 Å². The molecule has 1 amide bonds. The molecule has 0 spiro atoms. The van der Waals surface area contributed by atoms with Gasteiger partial charge in [-0.2, -0.15) is 0 Å². The van der Waals surface area contributed by atoms with Gasteiger partial charge in [-0.05, 0) is 25.5 Å². The highest BCUT2D eigenvalue weighted by Crippen LogP contribution is 2.26. The van der Waals surface area contributed by atoms with Gasteiger partial charge in [-0.3, -0.25) is 4.79 Å². The Morgan fingerprint density at radius 1 is 1.50 bits per heavy atom. The van der Waals surface area contributed by atoms with Crippen molar-refractivity contribution < 1.29 is 9.21 Å². The van der Waals surface area contributed by atoms with Crippen LogP contribution in [0.1, 0.15) is 40.3 Å². The molecule has 0 aliphatic carbocycles. The number of hydrogen-bond donors (Lipinski definition) is 1. The fourth-order valence-corrected chi connectivity index (χ4v) is 3.55. The minimum atomic E-state index is -0.145. The summed E-state index contributed by atoms with van der Waals surface area (Å²) in [6.07, 6.45) is 4.07. The summed E-state index contributed by atoms with van der Waals surface area (Å²) >= 11 is 2.93. The third-order valence-electron chi connectivity index (χ3n) is 3.12. The number of rotatable bonds is 5. The van der Waals surface area contributed by atoms with E-state index in [1.807, 2.05) is 18.4 Å². The standard InChI is InChI=1S/C15H15N3O2S2/c1-3-13-18-10(8-21-13)9(2)17-14(19)12-7-16-15(22-12)11-5-4-6-20-11/h4-9H,3H2,1-2H3,(H,17,19). The normalized spacial score (nSPS) is 12.3. The van der Waals surface area contributed by atoms with E-state index in [0.29, 0.717) is 15.6 Å². The molecule has 0 bridgehead atoms. The van der Waals surface area contributed by atoms with Crippen LogP contribution in [0.2, 0.25) is 0 Å². The van der Waals surface area contributed by atoms with Crippen LogP contribution in [-0.2, 0) is 6.42 Å². The van der Waals surface area contributed by atoms with Gasteiger partial charge >= 0.3 is 0 Å². The number of amides is 1. The molecule has 0 aromatic carbocycles. The zero-order valence-corrected chi connectivity index (χ0v) is 13.8. The first-order chi connectivity index (χ1) is 10.7. The lowest BCUT2D eigenvalue weighted by atomic mass is 10.2. The summed E-state index contributed by atoms with van der Waals surface area (Å²) in [5.74, 6) is 0.526. The van der Waals surface area contributed by atoms with Gasteiger partial charge in [0.1, 0.15) is 4.88 Å². The van der Waals surface area contributed by atoms with Gasteiger partial charge in [0, 0.05) is 5.38 Å². The van der Waals surface area contributed by atoms with E-state index in [9.17, 15) is 4.79 Å². The van der Waals surface area contributed by atoms with Gasteiger partial charge in [-0.1, -0.05) is 6.92 Å². The van der Waals surface area contributed by atoms with Crippen LogP contribution in [0.3, 0.4) is 0 Å². The van der Waals surface area contributed by atoms with Crippen molar-refractivity contribution in [1.82, 2.24) is 15.3 Å². The fourth-order valence-electron chi connectivity index (χ4n) is 1.92. The number of aryl methyl sites for hydroxylation is 1. The van der Waals surface area contributed by atoms with Crippen molar-refractivity contribution in [2.75, 3.05) is 0 Å². The van der Waals surface area contributed by atoms with E-state index in [0.717, 1.165) is 17.1 Å². The van der Waals surface area contributed by atoms with Crippen LogP contribution < -0.4 is 5.32 Å². The summed E-state index contributed by atoms with van der Waals surface area (Å²) in [6, 6.07) is 3.50. The van der Waals surface area contributed by atoms with Gasteiger partial charge < -0.3 is 9.73 Å². The minimum absolute atomic E-state index is 0.127. The molecule has 3 heterocycles. The smallest absolute Gasteiger partial charge is 0.263 e. The highest BCUT2D eigenvalue weighted by atomic mass is 32.1. The second kappa shape index (κ2) is 6.41. The summed E-state index contributed by atoms with van der Waals surface area (Å²) < 4.78 is 5.29. The fraction of sp³-hybridized carbons (Fsp3) is 0.267. The van der Waals surface area contributed by atoms with Crippen LogP contribution >= 0.6 is 22.7 Å². The Balaban J connectivity index is 1.69. The molecule has 3 rings (SSSR count). The molecule has 0 saturated carbocycles. The van der Waals surface area contributed by atoms with E-state index in [2.05, 4.69) is 22.2 Å². The summed E-state index contributed by atoms with van der Waals surface area (Å²) in [6.45, 7) is 4.00. The maximum absolute atomic E-state index is 12.3. The summed E-state index contributed by atoms with van der Waals surface area (Å²) in [4.78, 5) is 21.6. The quantitative estimate of drug-likeness (QED) is 0.768. The molecule has 3 aromatic heterocycles. The highest BCUT2D eigenvalue weighted by molar-refractivity contribution is 7.16. The number of thiazole rings is 2. The van der Waals surface area contributed by atoms with Crippen LogP contribution in [0, 0.1) is 0 Å². The Bertz CT molecular complexity index is 761. The molecule has 7 heteroatoms. The van der Waals surface area contributed by atoms with Gasteiger partial charge in [-0.25, -0.2) is 9.97 Å². The summed E-state index contributed by atoms with van der Waals surface area (Å²) in [5, 5.41) is 6.72. The first-order valence-electron chi connectivity index (χ1n) is 6.92. The Morgan fingerprint density at radius 3 is 3.05 bits per heavy atom. The van der Waals surface area contributed by atoms with Crippen molar-refractivity contribution in [1.29, 1.82) is 0 Å². The number of hydrogen-bond acceptors (Lipinski definition) is 6. The van der Waals surface area contributed by atoms with Crippen molar-refractivity contribution in [3.8, 4) is 10.8 Å². The van der Waals surface area contributed by atoms with Crippen LogP contribution in [0.4, 0.5) is 0 Å². The zero-order chi connectivity index (χ0) is 15.5. The molecule has 0 aliphatic heterocycles. The number of furan rings is 1. The molecule has 0 saturated heterocycles. The van der Waals surface area contributed by atoms with Gasteiger partial charge in [-0.15, -0.1) is 22.7 Å².